The topological polar surface area (TPSA) is 86.8 Å². The van der Waals surface area contributed by atoms with E-state index in [1.165, 1.54) is 23.1 Å². The highest BCUT2D eigenvalue weighted by atomic mass is 35.5. The van der Waals surface area contributed by atoms with Gasteiger partial charge in [-0.3, -0.25) is 13.9 Å². The Morgan fingerprint density at radius 1 is 0.949 bits per heavy atom. The molecule has 3 rings (SSSR count). The van der Waals surface area contributed by atoms with Gasteiger partial charge in [0.15, 0.2) is 0 Å². The Kier molecular flexibility index (Phi) is 10.6. The van der Waals surface area contributed by atoms with Crippen LogP contribution in [0.15, 0.2) is 71.6 Å². The van der Waals surface area contributed by atoms with Crippen LogP contribution in [0.4, 0.5) is 10.1 Å². The maximum atomic E-state index is 13.9. The van der Waals surface area contributed by atoms with Gasteiger partial charge in [0.05, 0.1) is 25.7 Å². The number of rotatable bonds is 11. The molecule has 3 aromatic carbocycles. The average Bonchev–Trinajstić information content (AvgIpc) is 2.92. The summed E-state index contributed by atoms with van der Waals surface area (Å²) in [5, 5.41) is 3.03. The third-order valence-corrected chi connectivity index (χ3v) is 8.67. The fourth-order valence-corrected chi connectivity index (χ4v) is 5.62. The molecule has 0 bridgehead atoms. The molecule has 0 aromatic heterocycles. The monoisotopic (exact) mass is 613 g/mol. The van der Waals surface area contributed by atoms with Crippen molar-refractivity contribution in [2.45, 2.75) is 37.8 Å². The number of amides is 2. The molecule has 1 atom stereocenters. The van der Waals surface area contributed by atoms with Crippen LogP contribution in [0.5, 0.6) is 0 Å². The smallest absolute Gasteiger partial charge is 0.264 e. The zero-order chi connectivity index (χ0) is 28.7. The van der Waals surface area contributed by atoms with Gasteiger partial charge in [-0.2, -0.15) is 0 Å². The lowest BCUT2D eigenvalue weighted by Gasteiger charge is -2.32. The van der Waals surface area contributed by atoms with E-state index in [0.717, 1.165) is 16.4 Å². The van der Waals surface area contributed by atoms with Gasteiger partial charge in [0.25, 0.3) is 10.0 Å². The van der Waals surface area contributed by atoms with Gasteiger partial charge < -0.3 is 10.2 Å². The van der Waals surface area contributed by atoms with E-state index in [0.29, 0.717) is 23.6 Å². The Hall–Kier alpha value is -2.85. The molecule has 0 aliphatic heterocycles. The second-order valence-electron chi connectivity index (χ2n) is 8.66. The molecule has 0 saturated carbocycles. The Morgan fingerprint density at radius 2 is 1.64 bits per heavy atom. The summed E-state index contributed by atoms with van der Waals surface area (Å²) in [6, 6.07) is 14.7. The van der Waals surface area contributed by atoms with Crippen molar-refractivity contribution in [2.24, 2.45) is 0 Å². The molecule has 2 amide bonds. The first-order valence-electron chi connectivity index (χ1n) is 12.0. The molecule has 0 radical (unpaired) electrons. The Morgan fingerprint density at radius 3 is 2.26 bits per heavy atom. The van der Waals surface area contributed by atoms with Crippen LogP contribution in [0.2, 0.25) is 15.1 Å². The predicted octanol–water partition coefficient (Wildman–Crippen LogP) is 5.92. The third kappa shape index (κ3) is 7.63. The molecule has 12 heteroatoms. The summed E-state index contributed by atoms with van der Waals surface area (Å²) in [5.74, 6) is -1.83. The molecule has 7 nitrogen and oxygen atoms in total. The molecule has 0 fully saturated rings. The second kappa shape index (κ2) is 13.5. The second-order valence-corrected chi connectivity index (χ2v) is 11.7. The number of nitrogens with zero attached hydrogens (tertiary/aromatic N) is 2. The highest BCUT2D eigenvalue weighted by Gasteiger charge is 2.32. The van der Waals surface area contributed by atoms with E-state index in [9.17, 15) is 22.4 Å². The predicted molar refractivity (Wildman–Crippen MR) is 152 cm³/mol. The molecule has 208 valence electrons. The van der Waals surface area contributed by atoms with Gasteiger partial charge in [-0.25, -0.2) is 12.8 Å². The number of carbonyl (C=O) groups excluding carboxylic acids is 2. The maximum Gasteiger partial charge on any atom is 0.264 e. The van der Waals surface area contributed by atoms with Crippen molar-refractivity contribution in [1.82, 2.24) is 10.2 Å². The van der Waals surface area contributed by atoms with Gasteiger partial charge in [-0.15, -0.1) is 0 Å². The van der Waals surface area contributed by atoms with Crippen LogP contribution in [0.25, 0.3) is 0 Å². The zero-order valence-electron chi connectivity index (χ0n) is 21.2. The normalized spacial score (nSPS) is 12.1. The first kappa shape index (κ1) is 30.7. The van der Waals surface area contributed by atoms with Crippen molar-refractivity contribution in [3.05, 3.63) is 93.2 Å². The SMILES string of the molecule is CCCNC(=O)C(C)N(Cc1ccc(Cl)c(Cl)c1)C(=O)CN(c1ccc(F)c(Cl)c1)S(=O)(=O)c1ccccc1. The van der Waals surface area contributed by atoms with Gasteiger partial charge in [0.2, 0.25) is 11.8 Å². The number of anilines is 1. The lowest BCUT2D eigenvalue weighted by Crippen LogP contribution is -2.51. The first-order chi connectivity index (χ1) is 18.4. The van der Waals surface area contributed by atoms with Crippen molar-refractivity contribution >= 4 is 62.3 Å². The highest BCUT2D eigenvalue weighted by molar-refractivity contribution is 7.92. The number of sulfonamides is 1. The Bertz CT molecular complexity index is 1440. The van der Waals surface area contributed by atoms with Crippen molar-refractivity contribution in [3.63, 3.8) is 0 Å². The lowest BCUT2D eigenvalue weighted by atomic mass is 10.1. The summed E-state index contributed by atoms with van der Waals surface area (Å²) < 4.78 is 42.1. The van der Waals surface area contributed by atoms with Crippen LogP contribution < -0.4 is 9.62 Å². The van der Waals surface area contributed by atoms with Gasteiger partial charge in [-0.1, -0.05) is 66.0 Å². The van der Waals surface area contributed by atoms with Gasteiger partial charge in [-0.05, 0) is 61.4 Å². The summed E-state index contributed by atoms with van der Waals surface area (Å²) in [6.45, 7) is 3.10. The first-order valence-corrected chi connectivity index (χ1v) is 14.6. The van der Waals surface area contributed by atoms with Gasteiger partial charge in [0, 0.05) is 13.1 Å². The van der Waals surface area contributed by atoms with Crippen molar-refractivity contribution < 1.29 is 22.4 Å². The average molecular weight is 615 g/mol. The van der Waals surface area contributed by atoms with Crippen LogP contribution in [0.3, 0.4) is 0 Å². The summed E-state index contributed by atoms with van der Waals surface area (Å²) in [6.07, 6.45) is 0.688. The van der Waals surface area contributed by atoms with Gasteiger partial charge >= 0.3 is 0 Å². The molecule has 0 aliphatic rings. The molecule has 0 saturated heterocycles. The highest BCUT2D eigenvalue weighted by Crippen LogP contribution is 2.29. The molecule has 0 heterocycles. The summed E-state index contributed by atoms with van der Waals surface area (Å²) in [7, 11) is -4.29. The number of carbonyl (C=O) groups is 2. The van der Waals surface area contributed by atoms with Crippen molar-refractivity contribution in [1.29, 1.82) is 0 Å². The van der Waals surface area contributed by atoms with E-state index in [-0.39, 0.29) is 27.2 Å². The van der Waals surface area contributed by atoms with E-state index >= 15 is 0 Å². The third-order valence-electron chi connectivity index (χ3n) is 5.85. The summed E-state index contributed by atoms with van der Waals surface area (Å²) in [4.78, 5) is 27.9. The molecular formula is C27H27Cl3FN3O4S. The molecular weight excluding hydrogens is 588 g/mol. The Labute approximate surface area is 242 Å². The number of nitrogens with one attached hydrogen (secondary N) is 1. The van der Waals surface area contributed by atoms with E-state index < -0.39 is 40.2 Å². The van der Waals surface area contributed by atoms with E-state index in [2.05, 4.69) is 5.32 Å². The standard InChI is InChI=1S/C27H27Cl3FN3O4S/c1-3-13-32-27(36)18(2)33(16-19-9-11-22(28)23(29)14-19)26(35)17-34(20-10-12-25(31)24(30)15-20)39(37,38)21-7-5-4-6-8-21/h4-12,14-15,18H,3,13,16-17H2,1-2H3,(H,32,36). The quantitative estimate of drug-likeness (QED) is 0.290. The number of hydrogen-bond acceptors (Lipinski definition) is 4. The zero-order valence-corrected chi connectivity index (χ0v) is 24.3. The van der Waals surface area contributed by atoms with E-state index in [1.54, 1.807) is 43.3 Å². The largest absolute Gasteiger partial charge is 0.354 e. The van der Waals surface area contributed by atoms with Crippen LogP contribution >= 0.6 is 34.8 Å². The fourth-order valence-electron chi connectivity index (χ4n) is 3.70. The fraction of sp³-hybridized carbons (Fsp3) is 0.259. The van der Waals surface area contributed by atoms with Crippen molar-refractivity contribution in [3.8, 4) is 0 Å². The van der Waals surface area contributed by atoms with Crippen molar-refractivity contribution in [2.75, 3.05) is 17.4 Å². The molecule has 3 aromatic rings. The van der Waals surface area contributed by atoms with E-state index in [4.69, 9.17) is 34.8 Å². The molecule has 0 spiro atoms. The van der Waals surface area contributed by atoms with Crippen LogP contribution in [0, 0.1) is 5.82 Å². The van der Waals surface area contributed by atoms with Gasteiger partial charge in [0.1, 0.15) is 18.4 Å². The minimum absolute atomic E-state index is 0.0174. The Balaban J connectivity index is 2.04. The lowest BCUT2D eigenvalue weighted by molar-refractivity contribution is -0.139. The number of benzene rings is 3. The minimum atomic E-state index is -4.29. The molecule has 1 unspecified atom stereocenters. The van der Waals surface area contributed by atoms with Crippen LogP contribution in [0.1, 0.15) is 25.8 Å². The minimum Gasteiger partial charge on any atom is -0.354 e. The van der Waals surface area contributed by atoms with Crippen LogP contribution in [-0.2, 0) is 26.2 Å². The maximum absolute atomic E-state index is 13.9. The number of halogens is 4. The number of hydrogen-bond donors (Lipinski definition) is 1. The molecule has 39 heavy (non-hydrogen) atoms. The molecule has 1 N–H and O–H groups in total. The van der Waals surface area contributed by atoms with Crippen LogP contribution in [-0.4, -0.2) is 44.3 Å². The molecule has 0 aliphatic carbocycles. The van der Waals surface area contributed by atoms with E-state index in [1.807, 2.05) is 6.92 Å². The summed E-state index contributed by atoms with van der Waals surface area (Å²) in [5.41, 5.74) is 0.561. The summed E-state index contributed by atoms with van der Waals surface area (Å²) >= 11 is 18.2.